The number of carbonyl (C=O) groups excluding carboxylic acids is 2. The van der Waals surface area contributed by atoms with Crippen molar-refractivity contribution in [3.8, 4) is 17.3 Å². The Hall–Kier alpha value is -4.65. The van der Waals surface area contributed by atoms with E-state index in [1.807, 2.05) is 79.7 Å². The van der Waals surface area contributed by atoms with Crippen molar-refractivity contribution in [2.45, 2.75) is 85.1 Å². The van der Waals surface area contributed by atoms with Crippen molar-refractivity contribution in [2.24, 2.45) is 0 Å². The molecule has 5 rings (SSSR count). The third-order valence-corrected chi connectivity index (χ3v) is 7.23. The Morgan fingerprint density at radius 2 is 1.70 bits per heavy atom. The molecule has 2 aromatic carbocycles. The van der Waals surface area contributed by atoms with Crippen LogP contribution in [0.4, 0.5) is 26.9 Å². The van der Waals surface area contributed by atoms with Gasteiger partial charge in [0, 0.05) is 41.5 Å². The average molecular weight is 583 g/mol. The summed E-state index contributed by atoms with van der Waals surface area (Å²) in [6.45, 7) is 16.4. The normalized spacial score (nSPS) is 15.4. The number of nitrogens with zero attached hydrogens (tertiary/aromatic N) is 5. The van der Waals surface area contributed by atoms with Crippen LogP contribution < -0.4 is 10.2 Å². The summed E-state index contributed by atoms with van der Waals surface area (Å²) in [5, 5.41) is 13.5. The number of hydrogen-bond acceptors (Lipinski definition) is 8. The van der Waals surface area contributed by atoms with Crippen LogP contribution in [0, 0.1) is 11.3 Å². The van der Waals surface area contributed by atoms with Gasteiger partial charge in [-0.25, -0.2) is 19.6 Å². The van der Waals surface area contributed by atoms with Crippen LogP contribution in [-0.4, -0.2) is 44.8 Å². The molecule has 1 aromatic heterocycles. The van der Waals surface area contributed by atoms with Gasteiger partial charge in [0.2, 0.25) is 5.95 Å². The molecule has 1 N–H and O–H groups in total. The van der Waals surface area contributed by atoms with Crippen LogP contribution in [0.2, 0.25) is 0 Å². The molecule has 43 heavy (non-hydrogen) atoms. The van der Waals surface area contributed by atoms with E-state index in [1.54, 1.807) is 28.1 Å². The Balaban J connectivity index is 1.43. The predicted octanol–water partition coefficient (Wildman–Crippen LogP) is 7.04. The highest BCUT2D eigenvalue weighted by molar-refractivity contribution is 5.95. The van der Waals surface area contributed by atoms with Gasteiger partial charge >= 0.3 is 12.2 Å². The molecule has 224 valence electrons. The fraction of sp³-hybridized carbons (Fsp3) is 0.424. The highest BCUT2D eigenvalue weighted by Crippen LogP contribution is 2.45. The largest absolute Gasteiger partial charge is 0.444 e. The smallest absolute Gasteiger partial charge is 0.414 e. The van der Waals surface area contributed by atoms with Crippen LogP contribution in [0.3, 0.4) is 0 Å². The predicted molar refractivity (Wildman–Crippen MR) is 164 cm³/mol. The zero-order chi connectivity index (χ0) is 31.3. The number of anilines is 3. The zero-order valence-corrected chi connectivity index (χ0v) is 26.0. The van der Waals surface area contributed by atoms with Gasteiger partial charge in [0.25, 0.3) is 0 Å². The molecule has 2 aliphatic heterocycles. The van der Waals surface area contributed by atoms with E-state index < -0.39 is 22.7 Å². The maximum atomic E-state index is 13.1. The molecule has 3 heterocycles. The number of ether oxygens (including phenoxy) is 2. The van der Waals surface area contributed by atoms with Crippen molar-refractivity contribution in [1.82, 2.24) is 14.9 Å². The minimum atomic E-state index is -0.659. The number of rotatable bonds is 3. The van der Waals surface area contributed by atoms with Crippen molar-refractivity contribution in [3.63, 3.8) is 0 Å². The molecule has 0 saturated heterocycles. The molecular weight excluding hydrogens is 544 g/mol. The van der Waals surface area contributed by atoms with E-state index in [0.717, 1.165) is 27.9 Å². The fourth-order valence-electron chi connectivity index (χ4n) is 5.40. The van der Waals surface area contributed by atoms with Crippen molar-refractivity contribution in [2.75, 3.05) is 16.8 Å². The Labute approximate surface area is 252 Å². The topological polar surface area (TPSA) is 121 Å². The molecule has 10 heteroatoms. The van der Waals surface area contributed by atoms with Crippen LogP contribution in [0.25, 0.3) is 11.3 Å². The average Bonchev–Trinajstić information content (AvgIpc) is 3.46. The second-order valence-corrected chi connectivity index (χ2v) is 13.7. The minimum Gasteiger partial charge on any atom is -0.444 e. The molecule has 0 atom stereocenters. The third kappa shape index (κ3) is 6.26. The Kier molecular flexibility index (Phi) is 7.33. The second kappa shape index (κ2) is 10.6. The van der Waals surface area contributed by atoms with Gasteiger partial charge in [-0.15, -0.1) is 0 Å². The maximum absolute atomic E-state index is 13.1. The highest BCUT2D eigenvalue weighted by atomic mass is 16.6. The van der Waals surface area contributed by atoms with Gasteiger partial charge < -0.3 is 14.8 Å². The molecule has 2 aliphatic rings. The Bertz CT molecular complexity index is 1640. The van der Waals surface area contributed by atoms with E-state index in [2.05, 4.69) is 16.4 Å². The molecule has 0 saturated carbocycles. The second-order valence-electron chi connectivity index (χ2n) is 13.7. The van der Waals surface area contributed by atoms with Gasteiger partial charge in [0.05, 0.1) is 23.5 Å². The molecule has 3 aromatic rings. The fourth-order valence-corrected chi connectivity index (χ4v) is 5.40. The summed E-state index contributed by atoms with van der Waals surface area (Å²) in [4.78, 5) is 38.2. The number of amides is 2. The van der Waals surface area contributed by atoms with Crippen LogP contribution in [0.1, 0.15) is 77.6 Å². The molecule has 0 aliphatic carbocycles. The van der Waals surface area contributed by atoms with E-state index >= 15 is 0 Å². The summed E-state index contributed by atoms with van der Waals surface area (Å²) >= 11 is 0. The Morgan fingerprint density at radius 1 is 1.00 bits per heavy atom. The summed E-state index contributed by atoms with van der Waals surface area (Å²) in [7, 11) is 0. The number of nitrogens with one attached hydrogen (secondary N) is 1. The molecule has 0 radical (unpaired) electrons. The number of hydrogen-bond donors (Lipinski definition) is 1. The van der Waals surface area contributed by atoms with Crippen LogP contribution in [0.15, 0.2) is 42.6 Å². The van der Waals surface area contributed by atoms with Gasteiger partial charge in [0.15, 0.2) is 0 Å². The van der Waals surface area contributed by atoms with Crippen LogP contribution in [0.5, 0.6) is 0 Å². The number of aromatic nitrogens is 2. The summed E-state index contributed by atoms with van der Waals surface area (Å²) in [5.41, 5.74) is 4.38. The molecule has 10 nitrogen and oxygen atoms in total. The highest BCUT2D eigenvalue weighted by Gasteiger charge is 2.42. The van der Waals surface area contributed by atoms with Gasteiger partial charge in [-0.3, -0.25) is 9.80 Å². The lowest BCUT2D eigenvalue weighted by atomic mass is 9.85. The van der Waals surface area contributed by atoms with Gasteiger partial charge in [-0.1, -0.05) is 26.0 Å². The number of benzene rings is 2. The lowest BCUT2D eigenvalue weighted by molar-refractivity contribution is 0.0241. The summed E-state index contributed by atoms with van der Waals surface area (Å²) in [6.07, 6.45) is 0.835. The van der Waals surface area contributed by atoms with E-state index in [4.69, 9.17) is 14.5 Å². The van der Waals surface area contributed by atoms with Crippen LogP contribution in [-0.2, 0) is 28.0 Å². The number of nitriles is 1. The van der Waals surface area contributed by atoms with Crippen molar-refractivity contribution >= 4 is 29.5 Å². The van der Waals surface area contributed by atoms with Crippen molar-refractivity contribution in [1.29, 1.82) is 5.26 Å². The zero-order valence-electron chi connectivity index (χ0n) is 26.0. The molecule has 0 bridgehead atoms. The molecule has 0 fully saturated rings. The minimum absolute atomic E-state index is 0.356. The SMILES string of the molecule is CC(C)(C)OC(=O)N1Cc2cccc(Nc3nccc(-c4cc(C#N)c5c(c4)C(C)(C)CN5C(=O)OC(C)(C)C)n3)c2C1. The lowest BCUT2D eigenvalue weighted by Crippen LogP contribution is -2.38. The van der Waals surface area contributed by atoms with Crippen molar-refractivity contribution < 1.29 is 19.1 Å². The third-order valence-electron chi connectivity index (χ3n) is 7.23. The van der Waals surface area contributed by atoms with E-state index in [1.165, 1.54) is 0 Å². The molecule has 0 spiro atoms. The first kappa shape index (κ1) is 29.8. The van der Waals surface area contributed by atoms with Crippen molar-refractivity contribution in [3.05, 3.63) is 64.8 Å². The van der Waals surface area contributed by atoms with E-state index in [0.29, 0.717) is 42.5 Å². The van der Waals surface area contributed by atoms with Gasteiger partial charge in [-0.2, -0.15) is 5.26 Å². The summed E-state index contributed by atoms with van der Waals surface area (Å²) in [6, 6.07) is 13.7. The van der Waals surface area contributed by atoms with E-state index in [-0.39, 0.29) is 6.09 Å². The molecular formula is C33H38N6O4. The first-order valence-corrected chi connectivity index (χ1v) is 14.3. The number of fused-ring (bicyclic) bond motifs is 2. The quantitative estimate of drug-likeness (QED) is 0.349. The molecule has 2 amide bonds. The first-order valence-electron chi connectivity index (χ1n) is 14.3. The Morgan fingerprint density at radius 3 is 2.37 bits per heavy atom. The summed E-state index contributed by atoms with van der Waals surface area (Å²) < 4.78 is 11.2. The maximum Gasteiger partial charge on any atom is 0.414 e. The monoisotopic (exact) mass is 582 g/mol. The summed E-state index contributed by atoms with van der Waals surface area (Å²) in [5.74, 6) is 0.385. The van der Waals surface area contributed by atoms with Crippen LogP contribution >= 0.6 is 0 Å². The van der Waals surface area contributed by atoms with E-state index in [9.17, 15) is 14.9 Å². The number of carbonyl (C=O) groups is 2. The standard InChI is InChI=1S/C33H38N6O4/c1-31(2,3)42-29(40)38-17-20-10-9-11-26(23(20)18-38)37-28-35-13-12-25(36-28)21-14-22(16-34)27-24(15-21)33(7,8)19-39(27)30(41)43-32(4,5)6/h9-15H,17-19H2,1-8H3,(H,35,36,37). The van der Waals surface area contributed by atoms with Gasteiger partial charge in [-0.05, 0) is 76.9 Å². The molecule has 0 unspecified atom stereocenters. The first-order chi connectivity index (χ1) is 20.0. The lowest BCUT2D eigenvalue weighted by Gasteiger charge is -2.26. The van der Waals surface area contributed by atoms with Gasteiger partial charge in [0.1, 0.15) is 17.3 Å².